The molecule has 3 nitrogen and oxygen atoms in total. The Morgan fingerprint density at radius 2 is 1.31 bits per heavy atom. The van der Waals surface area contributed by atoms with E-state index < -0.39 is 0 Å². The van der Waals surface area contributed by atoms with Gasteiger partial charge in [-0.2, -0.15) is 0 Å². The molecule has 0 radical (unpaired) electrons. The van der Waals surface area contributed by atoms with E-state index in [1.54, 1.807) is 19.2 Å². The number of ketones is 1. The van der Waals surface area contributed by atoms with E-state index in [0.717, 1.165) is 27.6 Å². The Hall–Kier alpha value is -4.50. The summed E-state index contributed by atoms with van der Waals surface area (Å²) in [6, 6.07) is 37.4. The van der Waals surface area contributed by atoms with Gasteiger partial charge in [0.15, 0.2) is 5.78 Å². The molecule has 5 rings (SSSR count). The van der Waals surface area contributed by atoms with E-state index in [4.69, 9.17) is 9.72 Å². The van der Waals surface area contributed by atoms with Crippen LogP contribution in [0.25, 0.3) is 22.0 Å². The molecule has 170 valence electrons. The fourth-order valence-electron chi connectivity index (χ4n) is 4.29. The minimum atomic E-state index is -0.0886. The fraction of sp³-hybridized carbons (Fsp3) is 0.0625. The number of ether oxygens (including phenoxy) is 1. The lowest BCUT2D eigenvalue weighted by molar-refractivity contribution is 0.105. The largest absolute Gasteiger partial charge is 0.497 e. The number of carbonyl (C=O) groups excluding carboxylic acids is 1. The molecular formula is C32H25NO2. The number of hydrogen-bond donors (Lipinski definition) is 0. The lowest BCUT2D eigenvalue weighted by Gasteiger charge is -2.17. The van der Waals surface area contributed by atoms with E-state index >= 15 is 0 Å². The second-order valence-electron chi connectivity index (χ2n) is 8.43. The average Bonchev–Trinajstić information content (AvgIpc) is 2.92. The van der Waals surface area contributed by atoms with E-state index in [1.165, 1.54) is 5.56 Å². The molecule has 0 N–H and O–H groups in total. The number of Topliss-reactive ketones (excluding diaryl/α,β-unsaturated/α-hetero) is 1. The van der Waals surface area contributed by atoms with Gasteiger partial charge in [-0.15, -0.1) is 0 Å². The third-order valence-electron chi connectivity index (χ3n) is 6.06. The molecule has 0 unspecified atom stereocenters. The minimum Gasteiger partial charge on any atom is -0.497 e. The molecule has 4 aromatic carbocycles. The number of carbonyl (C=O) groups is 1. The Labute approximate surface area is 205 Å². The zero-order chi connectivity index (χ0) is 24.2. The van der Waals surface area contributed by atoms with Crippen LogP contribution >= 0.6 is 0 Å². The van der Waals surface area contributed by atoms with Crippen molar-refractivity contribution >= 4 is 27.8 Å². The zero-order valence-corrected chi connectivity index (χ0v) is 19.7. The Morgan fingerprint density at radius 1 is 0.686 bits per heavy atom. The highest BCUT2D eigenvalue weighted by atomic mass is 16.5. The summed E-state index contributed by atoms with van der Waals surface area (Å²) in [6.45, 7) is 2.06. The molecule has 5 aromatic rings. The molecular weight excluding hydrogens is 430 g/mol. The monoisotopic (exact) mass is 455 g/mol. The van der Waals surface area contributed by atoms with Gasteiger partial charge in [0.1, 0.15) is 5.75 Å². The van der Waals surface area contributed by atoms with Crippen molar-refractivity contribution in [3.8, 4) is 5.75 Å². The van der Waals surface area contributed by atoms with Gasteiger partial charge in [0.2, 0.25) is 0 Å². The number of nitrogens with zero attached hydrogens (tertiary/aromatic N) is 1. The first-order valence-electron chi connectivity index (χ1n) is 11.6. The van der Waals surface area contributed by atoms with Crippen molar-refractivity contribution in [1.29, 1.82) is 0 Å². The highest BCUT2D eigenvalue weighted by Crippen LogP contribution is 2.35. The Balaban J connectivity index is 1.82. The summed E-state index contributed by atoms with van der Waals surface area (Å²) < 4.78 is 5.30. The van der Waals surface area contributed by atoms with Crippen molar-refractivity contribution in [2.24, 2.45) is 0 Å². The molecule has 0 amide bonds. The van der Waals surface area contributed by atoms with Crippen LogP contribution in [0.4, 0.5) is 0 Å². The van der Waals surface area contributed by atoms with Crippen molar-refractivity contribution in [3.63, 3.8) is 0 Å². The van der Waals surface area contributed by atoms with Gasteiger partial charge >= 0.3 is 0 Å². The van der Waals surface area contributed by atoms with E-state index in [1.807, 2.05) is 97.1 Å². The Bertz CT molecular complexity index is 1480. The predicted molar refractivity (Wildman–Crippen MR) is 143 cm³/mol. The Kier molecular flexibility index (Phi) is 6.23. The normalized spacial score (nSPS) is 10.7. The number of allylic oxidation sites excluding steroid dienone is 1. The van der Waals surface area contributed by atoms with Gasteiger partial charge in [0.05, 0.1) is 23.9 Å². The van der Waals surface area contributed by atoms with Gasteiger partial charge in [-0.05, 0) is 60.5 Å². The molecule has 0 aliphatic carbocycles. The molecule has 0 spiro atoms. The van der Waals surface area contributed by atoms with Gasteiger partial charge in [0, 0.05) is 16.5 Å². The van der Waals surface area contributed by atoms with Gasteiger partial charge in [-0.3, -0.25) is 4.79 Å². The summed E-state index contributed by atoms with van der Waals surface area (Å²) in [5.74, 6) is 0.618. The van der Waals surface area contributed by atoms with Crippen molar-refractivity contribution in [2.45, 2.75) is 6.92 Å². The molecule has 3 heteroatoms. The summed E-state index contributed by atoms with van der Waals surface area (Å²) in [5, 5.41) is 1.05. The molecule has 0 atom stereocenters. The topological polar surface area (TPSA) is 39.2 Å². The lowest BCUT2D eigenvalue weighted by Crippen LogP contribution is -2.08. The molecule has 0 aliphatic rings. The van der Waals surface area contributed by atoms with E-state index in [9.17, 15) is 4.79 Å². The number of pyridine rings is 1. The summed E-state index contributed by atoms with van der Waals surface area (Å²) in [4.78, 5) is 19.2. The van der Waals surface area contributed by atoms with Crippen LogP contribution in [0.3, 0.4) is 0 Å². The standard InChI is InChI=1S/C32H25NO2/c1-22-13-19-28-26(21-22)16-20-29(33-28)31(32(34)25-14-17-27(35-2)18-15-25)30(23-9-5-3-6-10-23)24-11-7-4-8-12-24/h3-21H,1-2H3. The quantitative estimate of drug-likeness (QED) is 0.198. The lowest BCUT2D eigenvalue weighted by atomic mass is 9.87. The number of hydrogen-bond acceptors (Lipinski definition) is 3. The number of methoxy groups -OCH3 is 1. The number of aryl methyl sites for hydroxylation is 1. The molecule has 1 heterocycles. The van der Waals surface area contributed by atoms with Crippen LogP contribution in [-0.4, -0.2) is 17.9 Å². The maximum Gasteiger partial charge on any atom is 0.195 e. The summed E-state index contributed by atoms with van der Waals surface area (Å²) >= 11 is 0. The third kappa shape index (κ3) is 4.62. The first kappa shape index (κ1) is 22.3. The van der Waals surface area contributed by atoms with Crippen LogP contribution in [0, 0.1) is 6.92 Å². The highest BCUT2D eigenvalue weighted by molar-refractivity contribution is 6.35. The molecule has 0 bridgehead atoms. The van der Waals surface area contributed by atoms with Crippen molar-refractivity contribution in [2.75, 3.05) is 7.11 Å². The van der Waals surface area contributed by atoms with Gasteiger partial charge in [0.25, 0.3) is 0 Å². The van der Waals surface area contributed by atoms with Crippen molar-refractivity contribution in [1.82, 2.24) is 4.98 Å². The van der Waals surface area contributed by atoms with Crippen LogP contribution in [0.1, 0.15) is 32.7 Å². The van der Waals surface area contributed by atoms with E-state index in [-0.39, 0.29) is 5.78 Å². The van der Waals surface area contributed by atoms with Gasteiger partial charge in [-0.1, -0.05) is 78.4 Å². The third-order valence-corrected chi connectivity index (χ3v) is 6.06. The van der Waals surface area contributed by atoms with Crippen LogP contribution in [-0.2, 0) is 0 Å². The number of rotatable bonds is 6. The van der Waals surface area contributed by atoms with E-state index in [2.05, 4.69) is 13.0 Å². The molecule has 0 saturated carbocycles. The number of aromatic nitrogens is 1. The van der Waals surface area contributed by atoms with Crippen LogP contribution in [0.15, 0.2) is 115 Å². The van der Waals surface area contributed by atoms with Gasteiger partial charge in [-0.25, -0.2) is 4.98 Å². The van der Waals surface area contributed by atoms with Crippen LogP contribution in [0.2, 0.25) is 0 Å². The summed E-state index contributed by atoms with van der Waals surface area (Å²) in [7, 11) is 1.62. The number of fused-ring (bicyclic) bond motifs is 1. The fourth-order valence-corrected chi connectivity index (χ4v) is 4.29. The summed E-state index contributed by atoms with van der Waals surface area (Å²) in [6.07, 6.45) is 0. The zero-order valence-electron chi connectivity index (χ0n) is 19.7. The smallest absolute Gasteiger partial charge is 0.195 e. The van der Waals surface area contributed by atoms with Gasteiger partial charge < -0.3 is 4.74 Å². The molecule has 0 fully saturated rings. The number of benzene rings is 4. The predicted octanol–water partition coefficient (Wildman–Crippen LogP) is 7.39. The first-order chi connectivity index (χ1) is 17.1. The van der Waals surface area contributed by atoms with Crippen molar-refractivity contribution < 1.29 is 9.53 Å². The van der Waals surface area contributed by atoms with Crippen LogP contribution in [0.5, 0.6) is 5.75 Å². The minimum absolute atomic E-state index is 0.0886. The second kappa shape index (κ2) is 9.78. The molecule has 0 aliphatic heterocycles. The SMILES string of the molecule is COc1ccc(C(=O)C(=C(c2ccccc2)c2ccccc2)c2ccc3cc(C)ccc3n2)cc1. The second-order valence-corrected chi connectivity index (χ2v) is 8.43. The Morgan fingerprint density at radius 3 is 1.91 bits per heavy atom. The highest BCUT2D eigenvalue weighted by Gasteiger charge is 2.23. The molecule has 35 heavy (non-hydrogen) atoms. The first-order valence-corrected chi connectivity index (χ1v) is 11.6. The molecule has 1 aromatic heterocycles. The maximum atomic E-state index is 14.2. The average molecular weight is 456 g/mol. The van der Waals surface area contributed by atoms with Crippen LogP contribution < -0.4 is 4.74 Å². The maximum absolute atomic E-state index is 14.2. The summed E-state index contributed by atoms with van der Waals surface area (Å²) in [5.41, 5.74) is 6.59. The molecule has 0 saturated heterocycles. The van der Waals surface area contributed by atoms with Crippen molar-refractivity contribution in [3.05, 3.63) is 143 Å². The van der Waals surface area contributed by atoms with E-state index in [0.29, 0.717) is 22.6 Å².